The van der Waals surface area contributed by atoms with Gasteiger partial charge in [0, 0.05) is 12.6 Å². The lowest BCUT2D eigenvalue weighted by Gasteiger charge is -2.10. The van der Waals surface area contributed by atoms with Crippen molar-refractivity contribution >= 4 is 17.3 Å². The van der Waals surface area contributed by atoms with Crippen molar-refractivity contribution in [3.05, 3.63) is 28.8 Å². The van der Waals surface area contributed by atoms with Crippen LogP contribution in [0.15, 0.2) is 12.1 Å². The summed E-state index contributed by atoms with van der Waals surface area (Å²) in [6, 6.07) is 1.92. The standard InChI is InChI=1S/C11H14ClF2N/c1-7(2)3-4-15-11-9(12)5-8(13)6-10(11)14/h5-7,15H,3-4H2,1-2H3. The molecule has 1 rings (SSSR count). The maximum Gasteiger partial charge on any atom is 0.150 e. The van der Waals surface area contributed by atoms with Gasteiger partial charge in [0.15, 0.2) is 5.82 Å². The number of nitrogens with one attached hydrogen (secondary N) is 1. The minimum absolute atomic E-state index is 0.0799. The molecule has 0 spiro atoms. The molecule has 1 N–H and O–H groups in total. The lowest BCUT2D eigenvalue weighted by Crippen LogP contribution is -2.07. The van der Waals surface area contributed by atoms with E-state index in [1.165, 1.54) is 0 Å². The third-order valence-electron chi connectivity index (χ3n) is 2.03. The average molecular weight is 234 g/mol. The van der Waals surface area contributed by atoms with Gasteiger partial charge >= 0.3 is 0 Å². The highest BCUT2D eigenvalue weighted by molar-refractivity contribution is 6.33. The Hall–Kier alpha value is -0.830. The van der Waals surface area contributed by atoms with Gasteiger partial charge in [-0.25, -0.2) is 8.78 Å². The van der Waals surface area contributed by atoms with Crippen molar-refractivity contribution in [1.29, 1.82) is 0 Å². The summed E-state index contributed by atoms with van der Waals surface area (Å²) in [7, 11) is 0. The van der Waals surface area contributed by atoms with E-state index in [1.54, 1.807) is 0 Å². The zero-order valence-corrected chi connectivity index (χ0v) is 9.54. The topological polar surface area (TPSA) is 12.0 Å². The minimum Gasteiger partial charge on any atom is -0.381 e. The van der Waals surface area contributed by atoms with Crippen LogP contribution in [0.2, 0.25) is 5.02 Å². The highest BCUT2D eigenvalue weighted by Gasteiger charge is 2.09. The fourth-order valence-corrected chi connectivity index (χ4v) is 1.46. The van der Waals surface area contributed by atoms with Crippen LogP contribution in [0.3, 0.4) is 0 Å². The maximum atomic E-state index is 13.2. The van der Waals surface area contributed by atoms with E-state index in [0.29, 0.717) is 12.5 Å². The Labute approximate surface area is 93.4 Å². The van der Waals surface area contributed by atoms with Crippen molar-refractivity contribution in [1.82, 2.24) is 0 Å². The van der Waals surface area contributed by atoms with E-state index < -0.39 is 11.6 Å². The summed E-state index contributed by atoms with van der Waals surface area (Å²) in [6.45, 7) is 4.77. The SMILES string of the molecule is CC(C)CCNc1c(F)cc(F)cc1Cl. The van der Waals surface area contributed by atoms with Gasteiger partial charge < -0.3 is 5.32 Å². The molecule has 0 fully saturated rings. The number of hydrogen-bond acceptors (Lipinski definition) is 1. The summed E-state index contributed by atoms with van der Waals surface area (Å²) in [5.41, 5.74) is 0.179. The lowest BCUT2D eigenvalue weighted by molar-refractivity contribution is 0.580. The molecule has 0 heterocycles. The molecule has 0 atom stereocenters. The van der Waals surface area contributed by atoms with Crippen LogP contribution in [0, 0.1) is 17.6 Å². The summed E-state index contributed by atoms with van der Waals surface area (Å²) in [5, 5.41) is 2.95. The zero-order chi connectivity index (χ0) is 11.4. The molecule has 0 aliphatic carbocycles. The number of hydrogen-bond donors (Lipinski definition) is 1. The first-order chi connectivity index (χ1) is 7.00. The molecule has 15 heavy (non-hydrogen) atoms. The molecular formula is C11H14ClF2N. The van der Waals surface area contributed by atoms with Gasteiger partial charge in [-0.15, -0.1) is 0 Å². The normalized spacial score (nSPS) is 10.8. The van der Waals surface area contributed by atoms with Gasteiger partial charge in [-0.3, -0.25) is 0 Å². The Kier molecular flexibility index (Phi) is 4.33. The van der Waals surface area contributed by atoms with Gasteiger partial charge in [-0.1, -0.05) is 25.4 Å². The summed E-state index contributed by atoms with van der Waals surface area (Å²) < 4.78 is 26.0. The first-order valence-corrected chi connectivity index (χ1v) is 5.27. The first kappa shape index (κ1) is 12.2. The minimum atomic E-state index is -0.660. The summed E-state index contributed by atoms with van der Waals surface area (Å²) in [6.07, 6.45) is 0.910. The number of anilines is 1. The molecule has 0 aliphatic heterocycles. The van der Waals surface area contributed by atoms with Crippen LogP contribution >= 0.6 is 11.6 Å². The quantitative estimate of drug-likeness (QED) is 0.827. The Balaban J connectivity index is 2.68. The highest BCUT2D eigenvalue weighted by Crippen LogP contribution is 2.26. The fraction of sp³-hybridized carbons (Fsp3) is 0.455. The van der Waals surface area contributed by atoms with E-state index in [-0.39, 0.29) is 10.7 Å². The van der Waals surface area contributed by atoms with Crippen LogP contribution in [0.25, 0.3) is 0 Å². The van der Waals surface area contributed by atoms with Gasteiger partial charge in [0.2, 0.25) is 0 Å². The molecule has 1 nitrogen and oxygen atoms in total. The van der Waals surface area contributed by atoms with Gasteiger partial charge in [-0.2, -0.15) is 0 Å². The summed E-state index contributed by atoms with van der Waals surface area (Å²) in [4.78, 5) is 0. The van der Waals surface area contributed by atoms with Crippen molar-refractivity contribution < 1.29 is 8.78 Å². The van der Waals surface area contributed by atoms with E-state index >= 15 is 0 Å². The second-order valence-corrected chi connectivity index (χ2v) is 4.26. The molecule has 1 aromatic rings. The molecule has 0 radical (unpaired) electrons. The molecule has 0 saturated carbocycles. The molecule has 0 bridgehead atoms. The largest absolute Gasteiger partial charge is 0.381 e. The Morgan fingerprint density at radius 3 is 2.53 bits per heavy atom. The molecule has 1 aromatic carbocycles. The van der Waals surface area contributed by atoms with Crippen molar-refractivity contribution in [2.24, 2.45) is 5.92 Å². The molecule has 0 aromatic heterocycles. The van der Waals surface area contributed by atoms with E-state index in [4.69, 9.17) is 11.6 Å². The van der Waals surface area contributed by atoms with E-state index in [1.807, 2.05) is 0 Å². The monoisotopic (exact) mass is 233 g/mol. The smallest absolute Gasteiger partial charge is 0.150 e. The van der Waals surface area contributed by atoms with E-state index in [9.17, 15) is 8.78 Å². The molecule has 4 heteroatoms. The number of halogens is 3. The van der Waals surface area contributed by atoms with Crippen molar-refractivity contribution in [3.8, 4) is 0 Å². The molecule has 84 valence electrons. The van der Waals surface area contributed by atoms with Crippen molar-refractivity contribution in [2.45, 2.75) is 20.3 Å². The number of rotatable bonds is 4. The average Bonchev–Trinajstić information content (AvgIpc) is 2.08. The van der Waals surface area contributed by atoms with E-state index in [0.717, 1.165) is 18.6 Å². The van der Waals surface area contributed by atoms with E-state index in [2.05, 4.69) is 19.2 Å². The van der Waals surface area contributed by atoms with Crippen LogP contribution in [0.4, 0.5) is 14.5 Å². The van der Waals surface area contributed by atoms with Crippen molar-refractivity contribution in [2.75, 3.05) is 11.9 Å². The van der Waals surface area contributed by atoms with Gasteiger partial charge in [-0.05, 0) is 18.4 Å². The van der Waals surface area contributed by atoms with Gasteiger partial charge in [0.25, 0.3) is 0 Å². The third-order valence-corrected chi connectivity index (χ3v) is 2.33. The lowest BCUT2D eigenvalue weighted by atomic mass is 10.1. The number of benzene rings is 1. The van der Waals surface area contributed by atoms with Crippen LogP contribution < -0.4 is 5.32 Å². The first-order valence-electron chi connectivity index (χ1n) is 4.89. The van der Waals surface area contributed by atoms with Crippen LogP contribution in [-0.2, 0) is 0 Å². The van der Waals surface area contributed by atoms with Gasteiger partial charge in [0.05, 0.1) is 10.7 Å². The zero-order valence-electron chi connectivity index (χ0n) is 8.78. The second-order valence-electron chi connectivity index (χ2n) is 3.85. The fourth-order valence-electron chi connectivity index (χ4n) is 1.20. The maximum absolute atomic E-state index is 13.2. The highest BCUT2D eigenvalue weighted by atomic mass is 35.5. The molecule has 0 unspecified atom stereocenters. The second kappa shape index (κ2) is 5.31. The van der Waals surface area contributed by atoms with Gasteiger partial charge in [0.1, 0.15) is 5.82 Å². The molecule has 0 aliphatic rings. The third kappa shape index (κ3) is 3.67. The van der Waals surface area contributed by atoms with Crippen LogP contribution in [0.1, 0.15) is 20.3 Å². The van der Waals surface area contributed by atoms with Crippen LogP contribution in [-0.4, -0.2) is 6.54 Å². The Bertz CT molecular complexity index is 316. The predicted molar refractivity (Wildman–Crippen MR) is 59.3 cm³/mol. The molecule has 0 amide bonds. The predicted octanol–water partition coefficient (Wildman–Crippen LogP) is 4.08. The summed E-state index contributed by atoms with van der Waals surface area (Å²) >= 11 is 5.71. The van der Waals surface area contributed by atoms with Crippen LogP contribution in [0.5, 0.6) is 0 Å². The van der Waals surface area contributed by atoms with Crippen molar-refractivity contribution in [3.63, 3.8) is 0 Å². The summed E-state index contributed by atoms with van der Waals surface area (Å²) in [5.74, 6) is -0.782. The molecular weight excluding hydrogens is 220 g/mol. The Morgan fingerprint density at radius 2 is 2.00 bits per heavy atom. The Morgan fingerprint density at radius 1 is 1.33 bits per heavy atom. The molecule has 0 saturated heterocycles.